The van der Waals surface area contributed by atoms with Crippen molar-refractivity contribution >= 4 is 21.9 Å². The van der Waals surface area contributed by atoms with Crippen LogP contribution in [0.1, 0.15) is 25.7 Å². The van der Waals surface area contributed by atoms with Crippen LogP contribution in [0.2, 0.25) is 0 Å². The van der Waals surface area contributed by atoms with Gasteiger partial charge >= 0.3 is 16.2 Å². The number of hydrogen-bond donors (Lipinski definition) is 1. The topological polar surface area (TPSA) is 77.9 Å². The molecular formula is C14H20N2O4S. The van der Waals surface area contributed by atoms with Gasteiger partial charge in [0.1, 0.15) is 0 Å². The van der Waals surface area contributed by atoms with Crippen molar-refractivity contribution in [1.82, 2.24) is 4.31 Å². The van der Waals surface area contributed by atoms with Crippen LogP contribution >= 0.6 is 0 Å². The second kappa shape index (κ2) is 6.91. The number of aliphatic carboxylic acids is 1. The standard InChI is InChI=1S/C14H20N2O4S/c17-14(18)9-12-16(13-7-3-1-4-8-13)21(19,20)15-10-5-2-6-11-15/h1,3-4,7-8H,2,5-6,9-12H2,(H,17,18). The van der Waals surface area contributed by atoms with Crippen LogP contribution < -0.4 is 4.31 Å². The highest BCUT2D eigenvalue weighted by Gasteiger charge is 2.31. The third-order valence-corrected chi connectivity index (χ3v) is 5.46. The molecular weight excluding hydrogens is 292 g/mol. The third-order valence-electron chi connectivity index (χ3n) is 3.49. The molecule has 1 aromatic carbocycles. The summed E-state index contributed by atoms with van der Waals surface area (Å²) in [5.74, 6) is -1.01. The molecule has 0 aromatic heterocycles. The molecule has 0 atom stereocenters. The van der Waals surface area contributed by atoms with Crippen LogP contribution in [0.4, 0.5) is 5.69 Å². The number of carboxylic acids is 1. The van der Waals surface area contributed by atoms with Crippen LogP contribution in [0.3, 0.4) is 0 Å². The average Bonchev–Trinajstić information content (AvgIpc) is 2.49. The van der Waals surface area contributed by atoms with Crippen LogP contribution in [0.15, 0.2) is 30.3 Å². The molecule has 0 bridgehead atoms. The summed E-state index contributed by atoms with van der Waals surface area (Å²) in [5, 5.41) is 8.85. The summed E-state index contributed by atoms with van der Waals surface area (Å²) in [7, 11) is -3.67. The van der Waals surface area contributed by atoms with E-state index in [1.807, 2.05) is 0 Å². The van der Waals surface area contributed by atoms with E-state index in [0.717, 1.165) is 19.3 Å². The fourth-order valence-electron chi connectivity index (χ4n) is 2.40. The van der Waals surface area contributed by atoms with Gasteiger partial charge in [-0.3, -0.25) is 9.10 Å². The van der Waals surface area contributed by atoms with Gasteiger partial charge in [0.15, 0.2) is 0 Å². The van der Waals surface area contributed by atoms with Crippen molar-refractivity contribution in [2.75, 3.05) is 23.9 Å². The van der Waals surface area contributed by atoms with Crippen LogP contribution in [0.5, 0.6) is 0 Å². The largest absolute Gasteiger partial charge is 0.481 e. The summed E-state index contributed by atoms with van der Waals surface area (Å²) in [6, 6.07) is 8.66. The van der Waals surface area contributed by atoms with Crippen molar-refractivity contribution in [2.45, 2.75) is 25.7 Å². The summed E-state index contributed by atoms with van der Waals surface area (Å²) in [6.07, 6.45) is 2.51. The van der Waals surface area contributed by atoms with E-state index in [-0.39, 0.29) is 13.0 Å². The molecule has 1 N–H and O–H groups in total. The predicted molar refractivity (Wildman–Crippen MR) is 80.4 cm³/mol. The molecule has 21 heavy (non-hydrogen) atoms. The lowest BCUT2D eigenvalue weighted by Gasteiger charge is -2.33. The number of hydrogen-bond acceptors (Lipinski definition) is 3. The van der Waals surface area contributed by atoms with E-state index >= 15 is 0 Å². The van der Waals surface area contributed by atoms with Gasteiger partial charge in [-0.05, 0) is 25.0 Å². The molecule has 2 rings (SSSR count). The van der Waals surface area contributed by atoms with Crippen molar-refractivity contribution in [3.8, 4) is 0 Å². The molecule has 1 fully saturated rings. The number of rotatable bonds is 6. The van der Waals surface area contributed by atoms with Gasteiger partial charge in [0.2, 0.25) is 0 Å². The Morgan fingerprint density at radius 1 is 1.14 bits per heavy atom. The fraction of sp³-hybridized carbons (Fsp3) is 0.500. The SMILES string of the molecule is O=C(O)CCN(c1ccccc1)S(=O)(=O)N1CCCCC1. The van der Waals surface area contributed by atoms with Crippen LogP contribution in [-0.2, 0) is 15.0 Å². The molecule has 0 spiro atoms. The number of benzene rings is 1. The predicted octanol–water partition coefficient (Wildman–Crippen LogP) is 1.70. The second-order valence-corrected chi connectivity index (χ2v) is 6.87. The maximum atomic E-state index is 12.8. The van der Waals surface area contributed by atoms with Gasteiger partial charge in [0.25, 0.3) is 0 Å². The van der Waals surface area contributed by atoms with Crippen molar-refractivity contribution < 1.29 is 18.3 Å². The molecule has 0 amide bonds. The first kappa shape index (κ1) is 15.8. The quantitative estimate of drug-likeness (QED) is 0.867. The molecule has 1 aliphatic rings. The Morgan fingerprint density at radius 3 is 2.33 bits per heavy atom. The Bertz CT molecular complexity index is 568. The van der Waals surface area contributed by atoms with E-state index in [1.165, 1.54) is 8.61 Å². The Balaban J connectivity index is 2.27. The number of anilines is 1. The zero-order valence-electron chi connectivity index (χ0n) is 11.8. The van der Waals surface area contributed by atoms with Crippen molar-refractivity contribution in [3.63, 3.8) is 0 Å². The van der Waals surface area contributed by atoms with Gasteiger partial charge in [-0.2, -0.15) is 12.7 Å². The Labute approximate surface area is 125 Å². The number of para-hydroxylation sites is 1. The molecule has 1 heterocycles. The van der Waals surface area contributed by atoms with Crippen molar-refractivity contribution in [1.29, 1.82) is 0 Å². The van der Waals surface area contributed by atoms with Crippen molar-refractivity contribution in [3.05, 3.63) is 30.3 Å². The lowest BCUT2D eigenvalue weighted by Crippen LogP contribution is -2.46. The molecule has 1 saturated heterocycles. The first-order valence-electron chi connectivity index (χ1n) is 7.06. The second-order valence-electron chi connectivity index (χ2n) is 5.02. The maximum absolute atomic E-state index is 12.8. The lowest BCUT2D eigenvalue weighted by atomic mass is 10.2. The van der Waals surface area contributed by atoms with Crippen LogP contribution in [0, 0.1) is 0 Å². The van der Waals surface area contributed by atoms with Gasteiger partial charge in [-0.15, -0.1) is 0 Å². The highest BCUT2D eigenvalue weighted by atomic mass is 32.2. The number of piperidine rings is 1. The molecule has 0 radical (unpaired) electrons. The number of nitrogens with zero attached hydrogens (tertiary/aromatic N) is 2. The molecule has 1 aliphatic heterocycles. The van der Waals surface area contributed by atoms with E-state index in [9.17, 15) is 13.2 Å². The Hall–Kier alpha value is -1.60. The zero-order valence-corrected chi connectivity index (χ0v) is 12.6. The minimum atomic E-state index is -3.67. The van der Waals surface area contributed by atoms with Gasteiger partial charge in [0, 0.05) is 19.6 Å². The van der Waals surface area contributed by atoms with Gasteiger partial charge in [-0.1, -0.05) is 24.6 Å². The normalized spacial score (nSPS) is 16.6. The minimum Gasteiger partial charge on any atom is -0.481 e. The lowest BCUT2D eigenvalue weighted by molar-refractivity contribution is -0.136. The first-order valence-corrected chi connectivity index (χ1v) is 8.46. The average molecular weight is 312 g/mol. The van der Waals surface area contributed by atoms with Gasteiger partial charge in [-0.25, -0.2) is 0 Å². The van der Waals surface area contributed by atoms with E-state index in [0.29, 0.717) is 18.8 Å². The monoisotopic (exact) mass is 312 g/mol. The van der Waals surface area contributed by atoms with Crippen LogP contribution in [-0.4, -0.2) is 43.4 Å². The van der Waals surface area contributed by atoms with Gasteiger partial charge in [0.05, 0.1) is 12.1 Å². The third kappa shape index (κ3) is 3.95. The Kier molecular flexibility index (Phi) is 5.19. The van der Waals surface area contributed by atoms with Crippen LogP contribution in [0.25, 0.3) is 0 Å². The van der Waals surface area contributed by atoms with Gasteiger partial charge < -0.3 is 5.11 Å². The number of carbonyl (C=O) groups is 1. The Morgan fingerprint density at radius 2 is 1.76 bits per heavy atom. The van der Waals surface area contributed by atoms with E-state index in [2.05, 4.69) is 0 Å². The summed E-state index contributed by atoms with van der Waals surface area (Å²) in [5.41, 5.74) is 0.504. The van der Waals surface area contributed by atoms with Crippen molar-refractivity contribution in [2.24, 2.45) is 0 Å². The summed E-state index contributed by atoms with van der Waals surface area (Å²) < 4.78 is 28.2. The van der Waals surface area contributed by atoms with E-state index in [4.69, 9.17) is 5.11 Å². The molecule has 0 aliphatic carbocycles. The highest BCUT2D eigenvalue weighted by Crippen LogP contribution is 2.23. The molecule has 7 heteroatoms. The maximum Gasteiger partial charge on any atom is 0.305 e. The number of carboxylic acid groups (broad SMARTS) is 1. The van der Waals surface area contributed by atoms with E-state index < -0.39 is 16.2 Å². The highest BCUT2D eigenvalue weighted by molar-refractivity contribution is 7.90. The van der Waals surface area contributed by atoms with E-state index in [1.54, 1.807) is 30.3 Å². The fourth-order valence-corrected chi connectivity index (χ4v) is 4.11. The summed E-state index contributed by atoms with van der Waals surface area (Å²) >= 11 is 0. The molecule has 0 unspecified atom stereocenters. The summed E-state index contributed by atoms with van der Waals surface area (Å²) in [6.45, 7) is 0.940. The summed E-state index contributed by atoms with van der Waals surface area (Å²) in [4.78, 5) is 10.8. The molecule has 0 saturated carbocycles. The molecule has 6 nitrogen and oxygen atoms in total. The first-order chi connectivity index (χ1) is 10.0. The smallest absolute Gasteiger partial charge is 0.305 e. The molecule has 1 aromatic rings. The zero-order chi connectivity index (χ0) is 15.3. The molecule has 116 valence electrons. The minimum absolute atomic E-state index is 0.0574.